The van der Waals surface area contributed by atoms with Crippen molar-refractivity contribution >= 4 is 15.9 Å². The Morgan fingerprint density at radius 1 is 1.30 bits per heavy atom. The van der Waals surface area contributed by atoms with E-state index in [9.17, 15) is 0 Å². The van der Waals surface area contributed by atoms with Crippen LogP contribution in [0.2, 0.25) is 0 Å². The van der Waals surface area contributed by atoms with E-state index in [-0.39, 0.29) is 9.74 Å². The van der Waals surface area contributed by atoms with Gasteiger partial charge in [-0.25, -0.2) is 0 Å². The first-order chi connectivity index (χ1) is 4.27. The van der Waals surface area contributed by atoms with Gasteiger partial charge in [-0.3, -0.25) is 0 Å². The predicted octanol–water partition coefficient (Wildman–Crippen LogP) is 3.21. The van der Waals surface area contributed by atoms with Crippen molar-refractivity contribution in [3.63, 3.8) is 0 Å². The van der Waals surface area contributed by atoms with Crippen molar-refractivity contribution in [2.75, 3.05) is 0 Å². The summed E-state index contributed by atoms with van der Waals surface area (Å²) in [6, 6.07) is 0. The molecule has 0 atom stereocenters. The Balaban J connectivity index is 4.05. The van der Waals surface area contributed by atoms with E-state index < -0.39 is 0 Å². The molecular weight excluding hydrogens is 188 g/mol. The Labute approximate surface area is 72.5 Å². The van der Waals surface area contributed by atoms with Crippen LogP contribution in [-0.2, 0) is 0 Å². The zero-order valence-electron chi connectivity index (χ0n) is 7.16. The molecule has 0 aliphatic rings. The maximum Gasteiger partial charge on any atom is 0.0268 e. The van der Waals surface area contributed by atoms with Crippen LogP contribution in [0, 0.1) is 17.8 Å². The second-order valence-corrected chi connectivity index (χ2v) is 6.07. The van der Waals surface area contributed by atoms with Crippen LogP contribution in [0.25, 0.3) is 0 Å². The Kier molecular flexibility index (Phi) is 2.98. The summed E-state index contributed by atoms with van der Waals surface area (Å²) in [6.45, 7) is 8.42. The van der Waals surface area contributed by atoms with Gasteiger partial charge in [-0.15, -0.1) is 12.3 Å². The zero-order chi connectivity index (χ0) is 8.41. The minimum absolute atomic E-state index is 0.00694. The summed E-state index contributed by atoms with van der Waals surface area (Å²) >= 11 is 3.56. The van der Waals surface area contributed by atoms with Crippen molar-refractivity contribution in [3.05, 3.63) is 0 Å². The van der Waals surface area contributed by atoms with Gasteiger partial charge in [-0.2, -0.15) is 0 Å². The number of halogens is 1. The molecule has 0 radical (unpaired) electrons. The van der Waals surface area contributed by atoms with Gasteiger partial charge in [-0.05, 0) is 20.3 Å². The van der Waals surface area contributed by atoms with E-state index >= 15 is 0 Å². The second-order valence-electron chi connectivity index (χ2n) is 3.92. The van der Waals surface area contributed by atoms with E-state index in [2.05, 4.69) is 49.5 Å². The van der Waals surface area contributed by atoms with Gasteiger partial charge < -0.3 is 0 Å². The van der Waals surface area contributed by atoms with Crippen molar-refractivity contribution in [2.45, 2.75) is 38.4 Å². The normalized spacial score (nSPS) is 12.8. The van der Waals surface area contributed by atoms with Gasteiger partial charge in [0.25, 0.3) is 0 Å². The first kappa shape index (κ1) is 10.0. The molecule has 0 spiro atoms. The molecular formula is C9H15Br. The summed E-state index contributed by atoms with van der Waals surface area (Å²) in [5.41, 5.74) is 0.00694. The van der Waals surface area contributed by atoms with Crippen LogP contribution in [0.1, 0.15) is 34.1 Å². The number of hydrogen-bond acceptors (Lipinski definition) is 0. The Morgan fingerprint density at radius 2 is 1.70 bits per heavy atom. The molecule has 0 saturated heterocycles. The molecule has 0 aliphatic heterocycles. The van der Waals surface area contributed by atoms with Gasteiger partial charge in [0.1, 0.15) is 0 Å². The standard InChI is InChI=1S/C9H15Br/c1-6-8(2,3)7-9(4,5)10/h1H,7H2,2-5H3. The van der Waals surface area contributed by atoms with Crippen molar-refractivity contribution in [1.82, 2.24) is 0 Å². The van der Waals surface area contributed by atoms with E-state index in [1.807, 2.05) is 0 Å². The molecule has 0 fully saturated rings. The third kappa shape index (κ3) is 4.88. The molecule has 0 aliphatic carbocycles. The van der Waals surface area contributed by atoms with Gasteiger partial charge in [0.2, 0.25) is 0 Å². The van der Waals surface area contributed by atoms with E-state index in [0.717, 1.165) is 6.42 Å². The fourth-order valence-corrected chi connectivity index (χ4v) is 1.80. The summed E-state index contributed by atoms with van der Waals surface area (Å²) in [6.07, 6.45) is 6.34. The van der Waals surface area contributed by atoms with Crippen molar-refractivity contribution < 1.29 is 0 Å². The maximum atomic E-state index is 5.34. The fourth-order valence-electron chi connectivity index (χ4n) is 1.10. The van der Waals surface area contributed by atoms with Crippen LogP contribution >= 0.6 is 15.9 Å². The Bertz CT molecular complexity index is 143. The van der Waals surface area contributed by atoms with Gasteiger partial charge in [-0.1, -0.05) is 29.8 Å². The molecule has 0 aromatic rings. The summed E-state index contributed by atoms with van der Waals surface area (Å²) in [5.74, 6) is 2.77. The number of terminal acetylenes is 1. The predicted molar refractivity (Wildman–Crippen MR) is 50.2 cm³/mol. The van der Waals surface area contributed by atoms with E-state index in [1.54, 1.807) is 0 Å². The van der Waals surface area contributed by atoms with E-state index in [0.29, 0.717) is 0 Å². The molecule has 0 bridgehead atoms. The monoisotopic (exact) mass is 202 g/mol. The lowest BCUT2D eigenvalue weighted by atomic mass is 9.85. The molecule has 0 nitrogen and oxygen atoms in total. The number of alkyl halides is 1. The average molecular weight is 203 g/mol. The van der Waals surface area contributed by atoms with Crippen LogP contribution in [0.5, 0.6) is 0 Å². The number of hydrogen-bond donors (Lipinski definition) is 0. The highest BCUT2D eigenvalue weighted by molar-refractivity contribution is 9.10. The van der Waals surface area contributed by atoms with Crippen LogP contribution in [0.15, 0.2) is 0 Å². The van der Waals surface area contributed by atoms with Gasteiger partial charge >= 0.3 is 0 Å². The molecule has 0 rings (SSSR count). The maximum absolute atomic E-state index is 5.34. The zero-order valence-corrected chi connectivity index (χ0v) is 8.75. The van der Waals surface area contributed by atoms with Crippen molar-refractivity contribution in [1.29, 1.82) is 0 Å². The lowest BCUT2D eigenvalue weighted by Gasteiger charge is -2.26. The molecule has 0 heterocycles. The topological polar surface area (TPSA) is 0 Å². The minimum Gasteiger partial charge on any atom is -0.120 e. The molecule has 0 amide bonds. The SMILES string of the molecule is C#CC(C)(C)CC(C)(C)Br. The third-order valence-corrected chi connectivity index (χ3v) is 1.53. The van der Waals surface area contributed by atoms with Crippen molar-refractivity contribution in [2.24, 2.45) is 5.41 Å². The van der Waals surface area contributed by atoms with Crippen LogP contribution in [0.3, 0.4) is 0 Å². The minimum atomic E-state index is 0.00694. The third-order valence-electron chi connectivity index (χ3n) is 1.25. The summed E-state index contributed by atoms with van der Waals surface area (Å²) in [5, 5.41) is 0. The van der Waals surface area contributed by atoms with Crippen molar-refractivity contribution in [3.8, 4) is 12.3 Å². The first-order valence-electron chi connectivity index (χ1n) is 3.43. The summed E-state index contributed by atoms with van der Waals surface area (Å²) < 4.78 is 0.156. The quantitative estimate of drug-likeness (QED) is 0.477. The molecule has 0 saturated carbocycles. The molecule has 0 aromatic carbocycles. The van der Waals surface area contributed by atoms with Crippen LogP contribution in [-0.4, -0.2) is 4.32 Å². The smallest absolute Gasteiger partial charge is 0.0268 e. The largest absolute Gasteiger partial charge is 0.120 e. The highest BCUT2D eigenvalue weighted by atomic mass is 79.9. The summed E-state index contributed by atoms with van der Waals surface area (Å²) in [7, 11) is 0. The highest BCUT2D eigenvalue weighted by Gasteiger charge is 2.24. The molecule has 10 heavy (non-hydrogen) atoms. The Morgan fingerprint density at radius 3 is 1.80 bits per heavy atom. The van der Waals surface area contributed by atoms with E-state index in [4.69, 9.17) is 6.42 Å². The average Bonchev–Trinajstić information content (AvgIpc) is 1.60. The number of rotatable bonds is 2. The molecule has 0 N–H and O–H groups in total. The van der Waals surface area contributed by atoms with Gasteiger partial charge in [0, 0.05) is 9.74 Å². The van der Waals surface area contributed by atoms with E-state index in [1.165, 1.54) is 0 Å². The Hall–Kier alpha value is 0.0400. The van der Waals surface area contributed by atoms with Gasteiger partial charge in [0.15, 0.2) is 0 Å². The van der Waals surface area contributed by atoms with Crippen LogP contribution in [0.4, 0.5) is 0 Å². The molecule has 1 heteroatoms. The van der Waals surface area contributed by atoms with Crippen LogP contribution < -0.4 is 0 Å². The molecule has 0 aromatic heterocycles. The lowest BCUT2D eigenvalue weighted by Crippen LogP contribution is -2.21. The summed E-state index contributed by atoms with van der Waals surface area (Å²) in [4.78, 5) is 0. The van der Waals surface area contributed by atoms with Gasteiger partial charge in [0.05, 0.1) is 0 Å². The fraction of sp³-hybridized carbons (Fsp3) is 0.778. The lowest BCUT2D eigenvalue weighted by molar-refractivity contribution is 0.411. The second kappa shape index (κ2) is 2.96. The molecule has 0 unspecified atom stereocenters. The highest BCUT2D eigenvalue weighted by Crippen LogP contribution is 2.32. The molecule has 58 valence electrons. The first-order valence-corrected chi connectivity index (χ1v) is 4.23.